The predicted octanol–water partition coefficient (Wildman–Crippen LogP) is 8.97. The maximum Gasteiger partial charge on any atom is 0.0719 e. The molecule has 0 unspecified atom stereocenters. The van der Waals surface area contributed by atoms with Crippen molar-refractivity contribution in [1.82, 2.24) is 0 Å². The molecule has 1 N–H and O–H groups in total. The van der Waals surface area contributed by atoms with Crippen molar-refractivity contribution in [2.24, 2.45) is 0 Å². The fourth-order valence-corrected chi connectivity index (χ4v) is 5.01. The van der Waals surface area contributed by atoms with Crippen molar-refractivity contribution in [2.45, 2.75) is 60.8 Å². The first-order chi connectivity index (χ1) is 17.1. The number of hydrogen-bond donors (Lipinski definition) is 1. The molecule has 2 aromatic rings. The van der Waals surface area contributed by atoms with E-state index in [1.807, 2.05) is 40.7 Å². The Balaban J connectivity index is 0.000000949. The van der Waals surface area contributed by atoms with E-state index >= 15 is 0 Å². The molecule has 0 fully saturated rings. The van der Waals surface area contributed by atoms with Gasteiger partial charge in [-0.3, -0.25) is 0 Å². The van der Waals surface area contributed by atoms with Gasteiger partial charge >= 0.3 is 0 Å². The van der Waals surface area contributed by atoms with E-state index in [2.05, 4.69) is 106 Å². The Hall–Kier alpha value is -3.34. The number of aliphatic hydroxyl groups excluding tert-OH is 1. The molecule has 0 radical (unpaired) electrons. The van der Waals surface area contributed by atoms with Crippen molar-refractivity contribution in [3.05, 3.63) is 118 Å². The minimum atomic E-state index is -0.308. The van der Waals surface area contributed by atoms with Crippen molar-refractivity contribution in [3.8, 4) is 23.0 Å². The molecule has 1 heteroatoms. The van der Waals surface area contributed by atoms with Crippen LogP contribution in [-0.4, -0.2) is 12.2 Å². The van der Waals surface area contributed by atoms with Gasteiger partial charge in [0.1, 0.15) is 0 Å². The van der Waals surface area contributed by atoms with Crippen molar-refractivity contribution in [1.29, 1.82) is 0 Å². The summed E-state index contributed by atoms with van der Waals surface area (Å²) in [7, 11) is 1.00. The number of hydrogen-bond acceptors (Lipinski definition) is 1. The highest BCUT2D eigenvalue weighted by atomic mass is 16.2. The molecule has 2 aliphatic carbocycles. The molecule has 4 rings (SSSR count). The fraction of sp³-hybridized carbons (Fsp3) is 0.294. The normalized spacial score (nSPS) is 14.5. The van der Waals surface area contributed by atoms with Crippen molar-refractivity contribution in [3.63, 3.8) is 0 Å². The minimum absolute atomic E-state index is 0.308. The van der Waals surface area contributed by atoms with E-state index in [4.69, 9.17) is 5.11 Å². The van der Waals surface area contributed by atoms with Gasteiger partial charge < -0.3 is 5.11 Å². The van der Waals surface area contributed by atoms with Crippen molar-refractivity contribution in [2.75, 3.05) is 7.11 Å². The van der Waals surface area contributed by atoms with Gasteiger partial charge in [0, 0.05) is 7.11 Å². The van der Waals surface area contributed by atoms with Gasteiger partial charge in [-0.1, -0.05) is 107 Å². The van der Waals surface area contributed by atoms with Gasteiger partial charge in [0.05, 0.1) is 5.41 Å². The number of aliphatic hydroxyl groups is 1. The Bertz CT molecular complexity index is 1160. The van der Waals surface area contributed by atoms with Crippen LogP contribution in [0.15, 0.2) is 107 Å². The summed E-state index contributed by atoms with van der Waals surface area (Å²) in [5.74, 6) is 6.29. The molecule has 0 atom stereocenters. The number of benzene rings is 2. The monoisotopic (exact) mass is 466 g/mol. The van der Waals surface area contributed by atoms with Gasteiger partial charge in [0.2, 0.25) is 0 Å². The van der Waals surface area contributed by atoms with Gasteiger partial charge in [-0.15, -0.1) is 5.92 Å². The van der Waals surface area contributed by atoms with Crippen LogP contribution in [0.25, 0.3) is 11.1 Å². The molecule has 0 saturated heterocycles. The molecule has 0 heterocycles. The van der Waals surface area contributed by atoms with Crippen LogP contribution in [0.5, 0.6) is 0 Å². The molecular weight excluding hydrogens is 424 g/mol. The van der Waals surface area contributed by atoms with E-state index < -0.39 is 0 Å². The summed E-state index contributed by atoms with van der Waals surface area (Å²) >= 11 is 0. The van der Waals surface area contributed by atoms with Crippen molar-refractivity contribution < 1.29 is 5.11 Å². The first kappa shape index (κ1) is 29.7. The van der Waals surface area contributed by atoms with E-state index in [1.54, 1.807) is 0 Å². The molecule has 0 bridgehead atoms. The second kappa shape index (κ2) is 14.1. The zero-order chi connectivity index (χ0) is 26.6. The van der Waals surface area contributed by atoms with E-state index in [9.17, 15) is 0 Å². The molecule has 0 aliphatic heterocycles. The van der Waals surface area contributed by atoms with Crippen LogP contribution in [-0.2, 0) is 5.41 Å². The van der Waals surface area contributed by atoms with Crippen LogP contribution in [0, 0.1) is 11.8 Å². The molecule has 2 aliphatic rings. The third-order valence-corrected chi connectivity index (χ3v) is 6.21. The number of fused-ring (bicyclic) bond motifs is 5. The summed E-state index contributed by atoms with van der Waals surface area (Å²) < 4.78 is 0. The van der Waals surface area contributed by atoms with E-state index in [-0.39, 0.29) is 5.41 Å². The number of rotatable bonds is 3. The first-order valence-corrected chi connectivity index (χ1v) is 12.5. The number of allylic oxidation sites excluding steroid dienone is 9. The smallest absolute Gasteiger partial charge is 0.0719 e. The Morgan fingerprint density at radius 3 is 1.74 bits per heavy atom. The highest BCUT2D eigenvalue weighted by Crippen LogP contribution is 2.61. The van der Waals surface area contributed by atoms with Gasteiger partial charge in [0.15, 0.2) is 0 Å². The predicted molar refractivity (Wildman–Crippen MR) is 155 cm³/mol. The Labute approximate surface area is 214 Å². The summed E-state index contributed by atoms with van der Waals surface area (Å²) in [5, 5.41) is 7.00. The fourth-order valence-electron chi connectivity index (χ4n) is 5.01. The topological polar surface area (TPSA) is 20.2 Å². The van der Waals surface area contributed by atoms with Gasteiger partial charge in [-0.2, -0.15) is 0 Å². The summed E-state index contributed by atoms with van der Waals surface area (Å²) in [6.07, 6.45) is 8.45. The molecule has 2 aromatic carbocycles. The largest absolute Gasteiger partial charge is 0.400 e. The maximum atomic E-state index is 7.00. The lowest BCUT2D eigenvalue weighted by Gasteiger charge is -2.33. The summed E-state index contributed by atoms with van der Waals surface area (Å²) in [5.41, 5.74) is 11.4. The lowest BCUT2D eigenvalue weighted by atomic mass is 9.68. The van der Waals surface area contributed by atoms with Crippen LogP contribution in [0.1, 0.15) is 66.5 Å². The molecule has 1 spiro atoms. The van der Waals surface area contributed by atoms with Crippen LogP contribution in [0.4, 0.5) is 0 Å². The van der Waals surface area contributed by atoms with Crippen molar-refractivity contribution >= 4 is 0 Å². The molecule has 0 saturated carbocycles. The summed E-state index contributed by atoms with van der Waals surface area (Å²) in [4.78, 5) is 0. The second-order valence-electron chi connectivity index (χ2n) is 7.72. The standard InChI is InChI=1S/C29H26.2C2H6.CH4O/c1-6-8-16-25-21(4)22(5)28(19-20(3)13-7-2)29(25)26-17-11-9-14-23(26)24-15-10-12-18-27(24)29;3*1-2/h6,8-12,14-19H,1H2,2-5H3;2*1-2H3;2H,1H3/b16-8-,20-19-;;;. The van der Waals surface area contributed by atoms with Crippen LogP contribution in [0.3, 0.4) is 0 Å². The Morgan fingerprint density at radius 1 is 0.829 bits per heavy atom. The lowest BCUT2D eigenvalue weighted by molar-refractivity contribution is 0.399. The zero-order valence-corrected chi connectivity index (χ0v) is 23.1. The molecule has 184 valence electrons. The highest BCUT2D eigenvalue weighted by Gasteiger charge is 2.51. The third kappa shape index (κ3) is 5.19. The minimum Gasteiger partial charge on any atom is -0.400 e. The molecule has 0 aromatic heterocycles. The maximum absolute atomic E-state index is 7.00. The molecule has 1 nitrogen and oxygen atoms in total. The zero-order valence-electron chi connectivity index (χ0n) is 23.1. The molecular formula is C34H42O. The van der Waals surface area contributed by atoms with Crippen LogP contribution >= 0.6 is 0 Å². The van der Waals surface area contributed by atoms with Gasteiger partial charge in [-0.25, -0.2) is 0 Å². The average Bonchev–Trinajstić information content (AvgIpc) is 3.32. The SMILES string of the molecule is C=C/C=C\C1=C(C)C(C)=C(/C=C(/C)C#CC)C12c1ccccc1-c1ccccc12.CC.CC.CO. The summed E-state index contributed by atoms with van der Waals surface area (Å²) in [6.45, 7) is 20.4. The van der Waals surface area contributed by atoms with Crippen LogP contribution in [0.2, 0.25) is 0 Å². The van der Waals surface area contributed by atoms with E-state index in [0.29, 0.717) is 0 Å². The van der Waals surface area contributed by atoms with E-state index in [1.165, 1.54) is 44.5 Å². The lowest BCUT2D eigenvalue weighted by Crippen LogP contribution is -2.27. The third-order valence-electron chi connectivity index (χ3n) is 6.21. The van der Waals surface area contributed by atoms with Gasteiger partial charge in [-0.05, 0) is 83.9 Å². The average molecular weight is 467 g/mol. The quantitative estimate of drug-likeness (QED) is 0.353. The first-order valence-electron chi connectivity index (χ1n) is 12.5. The molecule has 0 amide bonds. The van der Waals surface area contributed by atoms with Crippen LogP contribution < -0.4 is 0 Å². The van der Waals surface area contributed by atoms with Gasteiger partial charge in [0.25, 0.3) is 0 Å². The second-order valence-corrected chi connectivity index (χ2v) is 7.72. The molecule has 35 heavy (non-hydrogen) atoms. The Kier molecular flexibility index (Phi) is 12.0. The summed E-state index contributed by atoms with van der Waals surface area (Å²) in [6, 6.07) is 17.7. The Morgan fingerprint density at radius 2 is 1.29 bits per heavy atom. The van der Waals surface area contributed by atoms with E-state index in [0.717, 1.165) is 12.7 Å². The highest BCUT2D eigenvalue weighted by molar-refractivity contribution is 5.89.